The third-order valence-corrected chi connectivity index (χ3v) is 2.58. The zero-order valence-electron chi connectivity index (χ0n) is 6.89. The van der Waals surface area contributed by atoms with Crippen LogP contribution in [0.4, 0.5) is 5.69 Å². The maximum atomic E-state index is 10.1. The summed E-state index contributed by atoms with van der Waals surface area (Å²) in [6.45, 7) is 3.82. The van der Waals surface area contributed by atoms with Crippen molar-refractivity contribution in [2.75, 3.05) is 0 Å². The lowest BCUT2D eigenvalue weighted by molar-refractivity contribution is 0.565. The molecule has 3 heteroatoms. The molecular weight excluding hydrogens is 218 g/mol. The molecule has 0 aliphatic rings. The number of isocyanates is 1. The van der Waals surface area contributed by atoms with Gasteiger partial charge in [0.1, 0.15) is 0 Å². The maximum absolute atomic E-state index is 10.1. The van der Waals surface area contributed by atoms with Crippen molar-refractivity contribution in [3.05, 3.63) is 27.7 Å². The summed E-state index contributed by atoms with van der Waals surface area (Å²) in [4.78, 5) is 13.7. The first-order chi connectivity index (χ1) is 5.66. The minimum Gasteiger partial charge on any atom is -0.211 e. The van der Waals surface area contributed by atoms with Crippen molar-refractivity contribution in [2.24, 2.45) is 4.99 Å². The van der Waals surface area contributed by atoms with Gasteiger partial charge in [0.25, 0.3) is 0 Å². The van der Waals surface area contributed by atoms with Gasteiger partial charge < -0.3 is 0 Å². The number of nitrogens with zero attached hydrogens (tertiary/aromatic N) is 1. The van der Waals surface area contributed by atoms with Crippen LogP contribution in [0.5, 0.6) is 0 Å². The van der Waals surface area contributed by atoms with E-state index in [1.165, 1.54) is 0 Å². The summed E-state index contributed by atoms with van der Waals surface area (Å²) in [5.74, 6) is 0. The van der Waals surface area contributed by atoms with Gasteiger partial charge in [0.05, 0.1) is 5.69 Å². The highest BCUT2D eigenvalue weighted by atomic mass is 79.9. The lowest BCUT2D eigenvalue weighted by atomic mass is 10.1. The Morgan fingerprint density at radius 1 is 1.42 bits per heavy atom. The van der Waals surface area contributed by atoms with E-state index in [2.05, 4.69) is 20.9 Å². The molecule has 62 valence electrons. The standard InChI is InChI=1S/C9H8BrNO/c1-6-3-4-8(10)7(2)9(6)11-5-12/h3-4H,1-2H3. The van der Waals surface area contributed by atoms with Crippen LogP contribution in [0.15, 0.2) is 21.6 Å². The van der Waals surface area contributed by atoms with Crippen LogP contribution in [-0.4, -0.2) is 6.08 Å². The maximum Gasteiger partial charge on any atom is 0.240 e. The molecule has 1 aromatic rings. The van der Waals surface area contributed by atoms with Crippen LogP contribution < -0.4 is 0 Å². The Bertz CT molecular complexity index is 354. The van der Waals surface area contributed by atoms with Crippen molar-refractivity contribution in [3.8, 4) is 0 Å². The highest BCUT2D eigenvalue weighted by Crippen LogP contribution is 2.29. The van der Waals surface area contributed by atoms with E-state index >= 15 is 0 Å². The molecule has 12 heavy (non-hydrogen) atoms. The second-order valence-corrected chi connectivity index (χ2v) is 3.40. The zero-order valence-corrected chi connectivity index (χ0v) is 8.47. The van der Waals surface area contributed by atoms with Gasteiger partial charge in [-0.3, -0.25) is 0 Å². The number of halogens is 1. The van der Waals surface area contributed by atoms with Crippen LogP contribution in [0, 0.1) is 13.8 Å². The summed E-state index contributed by atoms with van der Waals surface area (Å²) < 4.78 is 0.960. The molecule has 0 spiro atoms. The minimum atomic E-state index is 0.708. The van der Waals surface area contributed by atoms with Gasteiger partial charge in [-0.05, 0) is 31.0 Å². The average Bonchev–Trinajstić information content (AvgIpc) is 2.06. The number of aryl methyl sites for hydroxylation is 1. The predicted octanol–water partition coefficient (Wildman–Crippen LogP) is 3.03. The van der Waals surface area contributed by atoms with Crippen molar-refractivity contribution in [3.63, 3.8) is 0 Å². The Morgan fingerprint density at radius 2 is 2.08 bits per heavy atom. The Labute approximate surface area is 79.5 Å². The number of hydrogen-bond acceptors (Lipinski definition) is 2. The van der Waals surface area contributed by atoms with Crippen LogP contribution in [0.1, 0.15) is 11.1 Å². The van der Waals surface area contributed by atoms with Crippen LogP contribution in [0.3, 0.4) is 0 Å². The van der Waals surface area contributed by atoms with E-state index in [-0.39, 0.29) is 0 Å². The monoisotopic (exact) mass is 225 g/mol. The number of hydrogen-bond donors (Lipinski definition) is 0. The van der Waals surface area contributed by atoms with Crippen molar-refractivity contribution in [1.82, 2.24) is 0 Å². The molecule has 0 radical (unpaired) electrons. The van der Waals surface area contributed by atoms with Crippen LogP contribution in [-0.2, 0) is 4.79 Å². The highest BCUT2D eigenvalue weighted by Gasteiger charge is 2.03. The van der Waals surface area contributed by atoms with E-state index in [0.717, 1.165) is 15.6 Å². The fourth-order valence-corrected chi connectivity index (χ4v) is 1.35. The summed E-state index contributed by atoms with van der Waals surface area (Å²) >= 11 is 3.36. The van der Waals surface area contributed by atoms with Gasteiger partial charge in [-0.15, -0.1) is 0 Å². The summed E-state index contributed by atoms with van der Waals surface area (Å²) in [5, 5.41) is 0. The Morgan fingerprint density at radius 3 is 2.67 bits per heavy atom. The fraction of sp³-hybridized carbons (Fsp3) is 0.222. The molecule has 0 atom stereocenters. The molecule has 0 saturated carbocycles. The first-order valence-corrected chi connectivity index (χ1v) is 4.29. The van der Waals surface area contributed by atoms with E-state index in [9.17, 15) is 4.79 Å². The van der Waals surface area contributed by atoms with Crippen LogP contribution in [0.25, 0.3) is 0 Å². The summed E-state index contributed by atoms with van der Waals surface area (Å²) in [6.07, 6.45) is 1.55. The quantitative estimate of drug-likeness (QED) is 0.534. The third-order valence-electron chi connectivity index (χ3n) is 1.72. The topological polar surface area (TPSA) is 29.4 Å². The molecule has 2 nitrogen and oxygen atoms in total. The lowest BCUT2D eigenvalue weighted by Gasteiger charge is -2.03. The molecule has 0 amide bonds. The molecule has 0 N–H and O–H groups in total. The Hall–Kier alpha value is -0.920. The normalized spacial score (nSPS) is 9.25. The van der Waals surface area contributed by atoms with Crippen molar-refractivity contribution in [2.45, 2.75) is 13.8 Å². The predicted molar refractivity (Wildman–Crippen MR) is 51.4 cm³/mol. The number of aliphatic imine (C=N–C) groups is 1. The second-order valence-electron chi connectivity index (χ2n) is 2.54. The summed E-state index contributed by atoms with van der Waals surface area (Å²) in [6, 6.07) is 3.85. The molecule has 1 rings (SSSR count). The minimum absolute atomic E-state index is 0.708. The Balaban J connectivity index is 3.42. The van der Waals surface area contributed by atoms with Crippen LogP contribution in [0.2, 0.25) is 0 Å². The van der Waals surface area contributed by atoms with E-state index in [1.54, 1.807) is 6.08 Å². The molecular formula is C9H8BrNO. The van der Waals surface area contributed by atoms with Gasteiger partial charge in [0.15, 0.2) is 0 Å². The van der Waals surface area contributed by atoms with Gasteiger partial charge in [0, 0.05) is 4.47 Å². The molecule has 0 aliphatic heterocycles. The second kappa shape index (κ2) is 3.65. The van der Waals surface area contributed by atoms with Gasteiger partial charge in [0.2, 0.25) is 6.08 Å². The molecule has 0 aliphatic carbocycles. The number of benzene rings is 1. The Kier molecular flexibility index (Phi) is 2.79. The molecule has 0 aromatic heterocycles. The molecule has 0 fully saturated rings. The highest BCUT2D eigenvalue weighted by molar-refractivity contribution is 9.10. The fourth-order valence-electron chi connectivity index (χ4n) is 1.03. The van der Waals surface area contributed by atoms with Gasteiger partial charge in [-0.25, -0.2) is 4.79 Å². The van der Waals surface area contributed by atoms with Gasteiger partial charge in [-0.2, -0.15) is 4.99 Å². The largest absolute Gasteiger partial charge is 0.240 e. The van der Waals surface area contributed by atoms with E-state index in [1.807, 2.05) is 26.0 Å². The van der Waals surface area contributed by atoms with E-state index in [0.29, 0.717) is 5.69 Å². The molecule has 1 aromatic carbocycles. The molecule has 0 heterocycles. The number of rotatable bonds is 1. The lowest BCUT2D eigenvalue weighted by Crippen LogP contribution is -1.81. The van der Waals surface area contributed by atoms with Crippen molar-refractivity contribution >= 4 is 27.7 Å². The van der Waals surface area contributed by atoms with Gasteiger partial charge >= 0.3 is 0 Å². The van der Waals surface area contributed by atoms with Gasteiger partial charge in [-0.1, -0.05) is 22.0 Å². The summed E-state index contributed by atoms with van der Waals surface area (Å²) in [7, 11) is 0. The van der Waals surface area contributed by atoms with Crippen molar-refractivity contribution in [1.29, 1.82) is 0 Å². The molecule has 0 saturated heterocycles. The smallest absolute Gasteiger partial charge is 0.211 e. The van der Waals surface area contributed by atoms with E-state index < -0.39 is 0 Å². The average molecular weight is 226 g/mol. The molecule has 0 bridgehead atoms. The van der Waals surface area contributed by atoms with Crippen molar-refractivity contribution < 1.29 is 4.79 Å². The molecule has 0 unspecified atom stereocenters. The summed E-state index contributed by atoms with van der Waals surface area (Å²) in [5.41, 5.74) is 2.66. The zero-order chi connectivity index (χ0) is 9.14. The third kappa shape index (κ3) is 1.63. The van der Waals surface area contributed by atoms with Crippen LogP contribution >= 0.6 is 15.9 Å². The first-order valence-electron chi connectivity index (χ1n) is 3.50. The number of carbonyl (C=O) groups excluding carboxylic acids is 1. The SMILES string of the molecule is Cc1ccc(Br)c(C)c1N=C=O. The van der Waals surface area contributed by atoms with E-state index in [4.69, 9.17) is 0 Å². The first kappa shape index (κ1) is 9.17.